The number of halogens is 1. The van der Waals surface area contributed by atoms with Crippen molar-refractivity contribution in [2.24, 2.45) is 5.41 Å². The monoisotopic (exact) mass is 470 g/mol. The van der Waals surface area contributed by atoms with Gasteiger partial charge in [-0.05, 0) is 18.1 Å². The number of nitrogens with zero attached hydrogens (tertiary/aromatic N) is 4. The van der Waals surface area contributed by atoms with E-state index in [4.69, 9.17) is 16.3 Å². The topological polar surface area (TPSA) is 67.7 Å². The summed E-state index contributed by atoms with van der Waals surface area (Å²) in [4.78, 5) is 32.3. The molecular weight excluding hydrogens is 440 g/mol. The minimum Gasteiger partial charge on any atom is -0.380 e. The second-order valence-electron chi connectivity index (χ2n) is 9.04. The Hall–Kier alpha value is -2.48. The predicted octanol–water partition coefficient (Wildman–Crippen LogP) is 3.22. The summed E-state index contributed by atoms with van der Waals surface area (Å²) in [6.07, 6.45) is 6.22. The van der Waals surface area contributed by atoms with Crippen molar-refractivity contribution in [3.63, 3.8) is 0 Å². The predicted molar refractivity (Wildman–Crippen MR) is 127 cm³/mol. The Morgan fingerprint density at radius 1 is 1.21 bits per heavy atom. The number of fused-ring (bicyclic) bond motifs is 1. The zero-order chi connectivity index (χ0) is 23.4. The summed E-state index contributed by atoms with van der Waals surface area (Å²) in [6, 6.07) is 7.91. The molecule has 0 aliphatic carbocycles. The third kappa shape index (κ3) is 5.37. The van der Waals surface area contributed by atoms with E-state index in [-0.39, 0.29) is 11.7 Å². The average molecular weight is 471 g/mol. The molecule has 0 bridgehead atoms. The van der Waals surface area contributed by atoms with Gasteiger partial charge in [-0.1, -0.05) is 42.8 Å². The highest BCUT2D eigenvalue weighted by molar-refractivity contribution is 6.31. The summed E-state index contributed by atoms with van der Waals surface area (Å²) in [5, 5.41) is 0.875. The van der Waals surface area contributed by atoms with Gasteiger partial charge in [0, 0.05) is 56.2 Å². The van der Waals surface area contributed by atoms with Crippen molar-refractivity contribution in [2.45, 2.75) is 33.4 Å². The zero-order valence-corrected chi connectivity index (χ0v) is 20.1. The maximum absolute atomic E-state index is 12.3. The number of amides is 1. The first kappa shape index (κ1) is 23.7. The molecule has 0 N–H and O–H groups in total. The van der Waals surface area contributed by atoms with E-state index >= 15 is 0 Å². The van der Waals surface area contributed by atoms with Crippen LogP contribution >= 0.6 is 11.6 Å². The van der Waals surface area contributed by atoms with Crippen LogP contribution in [0.2, 0.25) is 5.02 Å². The third-order valence-corrected chi connectivity index (χ3v) is 6.80. The van der Waals surface area contributed by atoms with E-state index < -0.39 is 0 Å². The van der Waals surface area contributed by atoms with Crippen molar-refractivity contribution in [2.75, 3.05) is 39.4 Å². The molecule has 7 nitrogen and oxygen atoms in total. The second kappa shape index (κ2) is 10.2. The maximum Gasteiger partial charge on any atom is 0.246 e. The summed E-state index contributed by atoms with van der Waals surface area (Å²) in [5.74, 6) is 0.802. The van der Waals surface area contributed by atoms with Gasteiger partial charge in [-0.25, -0.2) is 4.98 Å². The number of benzene rings is 1. The number of rotatable bonds is 5. The van der Waals surface area contributed by atoms with Gasteiger partial charge in [0.05, 0.1) is 26.0 Å². The van der Waals surface area contributed by atoms with Gasteiger partial charge >= 0.3 is 0 Å². The van der Waals surface area contributed by atoms with Crippen molar-refractivity contribution in [1.82, 2.24) is 19.4 Å². The first-order chi connectivity index (χ1) is 15.9. The minimum atomic E-state index is 0.0100. The number of hydrogen-bond acceptors (Lipinski definition) is 5. The smallest absolute Gasteiger partial charge is 0.246 e. The molecular formula is C25H31ClN4O3. The van der Waals surface area contributed by atoms with E-state index in [1.54, 1.807) is 24.1 Å². The van der Waals surface area contributed by atoms with Gasteiger partial charge in [0.2, 0.25) is 5.91 Å². The largest absolute Gasteiger partial charge is 0.380 e. The van der Waals surface area contributed by atoms with E-state index in [9.17, 15) is 9.59 Å². The number of ketones is 1. The molecule has 3 aliphatic rings. The zero-order valence-electron chi connectivity index (χ0n) is 19.3. The number of likely N-dealkylation sites (tertiary alicyclic amines) is 1. The molecule has 4 heterocycles. The molecule has 2 fully saturated rings. The maximum atomic E-state index is 12.3. The lowest BCUT2D eigenvalue weighted by Crippen LogP contribution is -2.65. The van der Waals surface area contributed by atoms with Crippen molar-refractivity contribution < 1.29 is 14.3 Å². The Morgan fingerprint density at radius 3 is 2.58 bits per heavy atom. The SMILES string of the molecule is CC(=O)c1cnc2n1CCN(C(=O)/C=C/CN1CC3(COC3)C1)C2.CCc1ccccc1Cl. The van der Waals surface area contributed by atoms with Gasteiger partial charge in [0.1, 0.15) is 11.5 Å². The molecule has 1 aromatic carbocycles. The molecule has 33 heavy (non-hydrogen) atoms. The Kier molecular flexibility index (Phi) is 7.32. The minimum absolute atomic E-state index is 0.0100. The van der Waals surface area contributed by atoms with E-state index in [2.05, 4.69) is 16.8 Å². The number of carbonyl (C=O) groups excluding carboxylic acids is 2. The average Bonchev–Trinajstić information content (AvgIpc) is 3.18. The van der Waals surface area contributed by atoms with Crippen molar-refractivity contribution in [3.8, 4) is 0 Å². The van der Waals surface area contributed by atoms with Crippen molar-refractivity contribution in [3.05, 3.63) is 64.7 Å². The lowest BCUT2D eigenvalue weighted by Gasteiger charge is -2.54. The molecule has 0 unspecified atom stereocenters. The fourth-order valence-electron chi connectivity index (χ4n) is 4.53. The highest BCUT2D eigenvalue weighted by Gasteiger charge is 2.48. The van der Waals surface area contributed by atoms with Crippen molar-refractivity contribution >= 4 is 23.3 Å². The summed E-state index contributed by atoms with van der Waals surface area (Å²) >= 11 is 5.82. The summed E-state index contributed by atoms with van der Waals surface area (Å²) in [5.41, 5.74) is 2.26. The quantitative estimate of drug-likeness (QED) is 0.496. The number of aryl methyl sites for hydroxylation is 1. The number of aromatic nitrogens is 2. The molecule has 2 aromatic rings. The van der Waals surface area contributed by atoms with Crippen molar-refractivity contribution in [1.29, 1.82) is 0 Å². The van der Waals surface area contributed by atoms with E-state index in [1.165, 1.54) is 5.56 Å². The molecule has 1 aromatic heterocycles. The van der Waals surface area contributed by atoms with Crippen LogP contribution in [0.25, 0.3) is 0 Å². The molecule has 8 heteroatoms. The van der Waals surface area contributed by atoms with Gasteiger partial charge in [0.25, 0.3) is 0 Å². The highest BCUT2D eigenvalue weighted by Crippen LogP contribution is 2.37. The standard InChI is InChI=1S/C17H22N4O3.C8H9Cl/c1-13(22)14-7-18-15-8-20(5-6-21(14)15)16(23)3-2-4-19-9-17(10-19)11-24-12-17;1-2-7-5-3-4-6-8(7)9/h2-3,7H,4-6,8-12H2,1H3;3-6H,2H2,1H3/b3-2+;. The fourth-order valence-corrected chi connectivity index (χ4v) is 4.80. The highest BCUT2D eigenvalue weighted by atomic mass is 35.5. The number of hydrogen-bond donors (Lipinski definition) is 0. The number of carbonyl (C=O) groups is 2. The fraction of sp³-hybridized carbons (Fsp3) is 0.480. The normalized spacial score (nSPS) is 18.8. The number of imidazole rings is 1. The Morgan fingerprint density at radius 2 is 1.97 bits per heavy atom. The van der Waals surface area contributed by atoms with Gasteiger partial charge in [-0.2, -0.15) is 0 Å². The van der Waals surface area contributed by atoms with Crippen LogP contribution in [0.5, 0.6) is 0 Å². The molecule has 5 rings (SSSR count). The second-order valence-corrected chi connectivity index (χ2v) is 9.44. The van der Waals surface area contributed by atoms with E-state index in [0.717, 1.165) is 50.1 Å². The molecule has 1 spiro atoms. The third-order valence-electron chi connectivity index (χ3n) is 6.43. The molecule has 2 saturated heterocycles. The molecule has 1 amide bonds. The van der Waals surface area contributed by atoms with Gasteiger partial charge in [-0.3, -0.25) is 14.5 Å². The van der Waals surface area contributed by atoms with Crippen LogP contribution in [0.1, 0.15) is 35.7 Å². The molecule has 0 saturated carbocycles. The lowest BCUT2D eigenvalue weighted by molar-refractivity contribution is -0.186. The van der Waals surface area contributed by atoms with Crippen LogP contribution in [-0.2, 0) is 29.0 Å². The Bertz CT molecular complexity index is 1040. The number of Topliss-reactive ketones (excluding diaryl/α,β-unsaturated/α-hetero) is 1. The Labute approximate surface area is 200 Å². The molecule has 176 valence electrons. The van der Waals surface area contributed by atoms with Crippen LogP contribution in [0, 0.1) is 5.41 Å². The van der Waals surface area contributed by atoms with Crippen LogP contribution in [0.15, 0.2) is 42.6 Å². The van der Waals surface area contributed by atoms with E-state index in [0.29, 0.717) is 30.7 Å². The van der Waals surface area contributed by atoms with Gasteiger partial charge in [-0.15, -0.1) is 0 Å². The first-order valence-corrected chi connectivity index (χ1v) is 11.8. The Balaban J connectivity index is 0.000000243. The van der Waals surface area contributed by atoms with E-state index in [1.807, 2.05) is 34.9 Å². The van der Waals surface area contributed by atoms with Gasteiger partial charge < -0.3 is 14.2 Å². The molecule has 3 aliphatic heterocycles. The van der Waals surface area contributed by atoms with Gasteiger partial charge in [0.15, 0.2) is 5.78 Å². The summed E-state index contributed by atoms with van der Waals surface area (Å²) < 4.78 is 7.17. The summed E-state index contributed by atoms with van der Waals surface area (Å²) in [6.45, 7) is 10.0. The molecule has 0 radical (unpaired) electrons. The van der Waals surface area contributed by atoms with Crippen LogP contribution in [0.4, 0.5) is 0 Å². The lowest BCUT2D eigenvalue weighted by atomic mass is 9.78. The van der Waals surface area contributed by atoms with Crippen LogP contribution < -0.4 is 0 Å². The molecule has 0 atom stereocenters. The summed E-state index contributed by atoms with van der Waals surface area (Å²) in [7, 11) is 0. The first-order valence-electron chi connectivity index (χ1n) is 11.4. The van der Waals surface area contributed by atoms with Crippen LogP contribution in [0.3, 0.4) is 0 Å². The number of ether oxygens (including phenoxy) is 1. The van der Waals surface area contributed by atoms with Crippen LogP contribution in [-0.4, -0.2) is 70.4 Å².